The molecule has 0 saturated heterocycles. The third-order valence-corrected chi connectivity index (χ3v) is 2.23. The standard InChI is InChI=1S/C11H11N3O/c12-3-1-11(15)10-7-14-5-8-2-4-13-6-9(8)10/h2,4-7H,1,3,12H2. The van der Waals surface area contributed by atoms with Crippen molar-refractivity contribution in [3.8, 4) is 0 Å². The van der Waals surface area contributed by atoms with Gasteiger partial charge >= 0.3 is 0 Å². The average Bonchev–Trinajstić information content (AvgIpc) is 2.28. The highest BCUT2D eigenvalue weighted by molar-refractivity contribution is 6.07. The fraction of sp³-hybridized carbons (Fsp3) is 0.182. The van der Waals surface area contributed by atoms with Crippen molar-refractivity contribution in [3.05, 3.63) is 36.4 Å². The molecule has 0 aliphatic rings. The monoisotopic (exact) mass is 201 g/mol. The van der Waals surface area contributed by atoms with Crippen LogP contribution in [-0.4, -0.2) is 22.3 Å². The molecule has 0 unspecified atom stereocenters. The minimum absolute atomic E-state index is 0.0172. The van der Waals surface area contributed by atoms with Gasteiger partial charge in [-0.15, -0.1) is 0 Å². The van der Waals surface area contributed by atoms with Crippen LogP contribution in [0.1, 0.15) is 16.8 Å². The van der Waals surface area contributed by atoms with Crippen LogP contribution in [0.15, 0.2) is 30.9 Å². The number of carbonyl (C=O) groups is 1. The average molecular weight is 201 g/mol. The van der Waals surface area contributed by atoms with Crippen molar-refractivity contribution in [1.29, 1.82) is 0 Å². The minimum Gasteiger partial charge on any atom is -0.330 e. The Morgan fingerprint density at radius 3 is 2.93 bits per heavy atom. The summed E-state index contributed by atoms with van der Waals surface area (Å²) in [7, 11) is 0. The number of rotatable bonds is 3. The van der Waals surface area contributed by atoms with Crippen molar-refractivity contribution in [1.82, 2.24) is 9.97 Å². The van der Waals surface area contributed by atoms with Crippen LogP contribution in [0, 0.1) is 0 Å². The zero-order valence-electron chi connectivity index (χ0n) is 8.18. The maximum atomic E-state index is 11.7. The van der Waals surface area contributed by atoms with E-state index in [0.717, 1.165) is 10.8 Å². The van der Waals surface area contributed by atoms with Crippen molar-refractivity contribution < 1.29 is 4.79 Å². The van der Waals surface area contributed by atoms with Gasteiger partial charge in [-0.05, 0) is 12.6 Å². The summed E-state index contributed by atoms with van der Waals surface area (Å²) < 4.78 is 0. The van der Waals surface area contributed by atoms with E-state index in [9.17, 15) is 4.79 Å². The van der Waals surface area contributed by atoms with Gasteiger partial charge in [0.15, 0.2) is 5.78 Å². The number of ketones is 1. The summed E-state index contributed by atoms with van der Waals surface area (Å²) >= 11 is 0. The van der Waals surface area contributed by atoms with Gasteiger partial charge in [-0.3, -0.25) is 14.8 Å². The first kappa shape index (κ1) is 9.73. The van der Waals surface area contributed by atoms with E-state index in [1.54, 1.807) is 24.8 Å². The maximum Gasteiger partial charge on any atom is 0.166 e. The van der Waals surface area contributed by atoms with Crippen LogP contribution >= 0.6 is 0 Å². The summed E-state index contributed by atoms with van der Waals surface area (Å²) in [5.74, 6) is 0.0172. The molecule has 0 bridgehead atoms. The van der Waals surface area contributed by atoms with E-state index in [0.29, 0.717) is 18.5 Å². The van der Waals surface area contributed by atoms with Gasteiger partial charge in [0.05, 0.1) is 0 Å². The molecule has 4 nitrogen and oxygen atoms in total. The molecule has 0 aromatic carbocycles. The number of carbonyl (C=O) groups excluding carboxylic acids is 1. The van der Waals surface area contributed by atoms with Gasteiger partial charge in [0, 0.05) is 47.5 Å². The Kier molecular flexibility index (Phi) is 2.69. The number of pyridine rings is 2. The lowest BCUT2D eigenvalue weighted by Gasteiger charge is -2.03. The van der Waals surface area contributed by atoms with Gasteiger partial charge in [0.2, 0.25) is 0 Å². The quantitative estimate of drug-likeness (QED) is 0.756. The van der Waals surface area contributed by atoms with Crippen LogP contribution in [-0.2, 0) is 0 Å². The molecule has 0 aliphatic heterocycles. The molecular formula is C11H11N3O. The van der Waals surface area contributed by atoms with E-state index in [1.807, 2.05) is 6.07 Å². The van der Waals surface area contributed by atoms with Gasteiger partial charge in [0.25, 0.3) is 0 Å². The van der Waals surface area contributed by atoms with E-state index >= 15 is 0 Å². The van der Waals surface area contributed by atoms with Crippen molar-refractivity contribution in [2.75, 3.05) is 6.54 Å². The lowest BCUT2D eigenvalue weighted by atomic mass is 10.1. The number of nitrogens with two attached hydrogens (primary N) is 1. The Labute approximate surface area is 87.1 Å². The van der Waals surface area contributed by atoms with Crippen LogP contribution in [0.5, 0.6) is 0 Å². The second-order valence-corrected chi connectivity index (χ2v) is 3.25. The molecular weight excluding hydrogens is 190 g/mol. The van der Waals surface area contributed by atoms with Gasteiger partial charge in [-0.2, -0.15) is 0 Å². The number of hydrogen-bond acceptors (Lipinski definition) is 4. The molecule has 0 fully saturated rings. The number of Topliss-reactive ketones (excluding diaryl/α,β-unsaturated/α-hetero) is 1. The summed E-state index contributed by atoms with van der Waals surface area (Å²) in [6.45, 7) is 0.357. The first-order valence-electron chi connectivity index (χ1n) is 4.74. The van der Waals surface area contributed by atoms with Crippen LogP contribution in [0.25, 0.3) is 10.8 Å². The molecule has 0 radical (unpaired) electrons. The Morgan fingerprint density at radius 2 is 2.13 bits per heavy atom. The fourth-order valence-corrected chi connectivity index (χ4v) is 1.49. The SMILES string of the molecule is NCCC(=O)c1cncc2ccncc12. The minimum atomic E-state index is 0.0172. The largest absolute Gasteiger partial charge is 0.330 e. The highest BCUT2D eigenvalue weighted by atomic mass is 16.1. The van der Waals surface area contributed by atoms with E-state index in [1.165, 1.54) is 0 Å². The highest BCUT2D eigenvalue weighted by Crippen LogP contribution is 2.16. The van der Waals surface area contributed by atoms with Crippen molar-refractivity contribution >= 4 is 16.6 Å². The topological polar surface area (TPSA) is 68.9 Å². The van der Waals surface area contributed by atoms with E-state index in [2.05, 4.69) is 9.97 Å². The zero-order chi connectivity index (χ0) is 10.7. The van der Waals surface area contributed by atoms with Gasteiger partial charge in [0.1, 0.15) is 0 Å². The second-order valence-electron chi connectivity index (χ2n) is 3.25. The number of hydrogen-bond donors (Lipinski definition) is 1. The first-order valence-corrected chi connectivity index (χ1v) is 4.74. The summed E-state index contributed by atoms with van der Waals surface area (Å²) in [6.07, 6.45) is 7.00. The summed E-state index contributed by atoms with van der Waals surface area (Å²) in [6, 6.07) is 1.83. The molecule has 2 N–H and O–H groups in total. The Morgan fingerprint density at radius 1 is 1.27 bits per heavy atom. The maximum absolute atomic E-state index is 11.7. The molecule has 15 heavy (non-hydrogen) atoms. The third-order valence-electron chi connectivity index (χ3n) is 2.23. The number of aromatic nitrogens is 2. The first-order chi connectivity index (χ1) is 7.33. The van der Waals surface area contributed by atoms with Gasteiger partial charge in [-0.1, -0.05) is 0 Å². The molecule has 0 amide bonds. The molecule has 2 heterocycles. The Balaban J connectivity index is 2.56. The molecule has 2 rings (SSSR count). The molecule has 0 atom stereocenters. The molecule has 76 valence electrons. The van der Waals surface area contributed by atoms with Crippen LogP contribution in [0.4, 0.5) is 0 Å². The van der Waals surface area contributed by atoms with Crippen molar-refractivity contribution in [2.45, 2.75) is 6.42 Å². The predicted molar refractivity (Wildman–Crippen MR) is 57.5 cm³/mol. The Bertz CT molecular complexity index is 491. The lowest BCUT2D eigenvalue weighted by Crippen LogP contribution is -2.08. The second kappa shape index (κ2) is 4.14. The van der Waals surface area contributed by atoms with Crippen LogP contribution < -0.4 is 5.73 Å². The van der Waals surface area contributed by atoms with E-state index in [-0.39, 0.29) is 5.78 Å². The van der Waals surface area contributed by atoms with Crippen molar-refractivity contribution in [3.63, 3.8) is 0 Å². The predicted octanol–water partition coefficient (Wildman–Crippen LogP) is 1.16. The van der Waals surface area contributed by atoms with Crippen molar-refractivity contribution in [2.24, 2.45) is 5.73 Å². The van der Waals surface area contributed by atoms with Gasteiger partial charge in [-0.25, -0.2) is 0 Å². The van der Waals surface area contributed by atoms with E-state index in [4.69, 9.17) is 5.73 Å². The highest BCUT2D eigenvalue weighted by Gasteiger charge is 2.09. The zero-order valence-corrected chi connectivity index (χ0v) is 8.18. The van der Waals surface area contributed by atoms with Gasteiger partial charge < -0.3 is 5.73 Å². The molecule has 4 heteroatoms. The summed E-state index contributed by atoms with van der Waals surface area (Å²) in [5.41, 5.74) is 5.96. The molecule has 0 saturated carbocycles. The third kappa shape index (κ3) is 1.85. The Hall–Kier alpha value is -1.81. The normalized spacial score (nSPS) is 10.5. The van der Waals surface area contributed by atoms with Crippen LogP contribution in [0.2, 0.25) is 0 Å². The molecule has 2 aromatic heterocycles. The smallest absolute Gasteiger partial charge is 0.166 e. The molecule has 2 aromatic rings. The fourth-order valence-electron chi connectivity index (χ4n) is 1.49. The van der Waals surface area contributed by atoms with Crippen LogP contribution in [0.3, 0.4) is 0 Å². The lowest BCUT2D eigenvalue weighted by molar-refractivity contribution is 0.0986. The molecule has 0 spiro atoms. The van der Waals surface area contributed by atoms with E-state index < -0.39 is 0 Å². The summed E-state index contributed by atoms with van der Waals surface area (Å²) in [5, 5.41) is 1.76. The number of fused-ring (bicyclic) bond motifs is 1. The number of nitrogens with zero attached hydrogens (tertiary/aromatic N) is 2. The summed E-state index contributed by atoms with van der Waals surface area (Å²) in [4.78, 5) is 19.7. The molecule has 0 aliphatic carbocycles.